The van der Waals surface area contributed by atoms with E-state index in [9.17, 15) is 8.42 Å². The molecular formula is C14H18N4O2S. The summed E-state index contributed by atoms with van der Waals surface area (Å²) in [6, 6.07) is 10.4. The van der Waals surface area contributed by atoms with E-state index in [4.69, 9.17) is 5.84 Å². The van der Waals surface area contributed by atoms with Crippen molar-refractivity contribution in [1.82, 2.24) is 4.98 Å². The molecule has 3 N–H and O–H groups in total. The van der Waals surface area contributed by atoms with Gasteiger partial charge in [-0.05, 0) is 38.1 Å². The molecule has 0 bridgehead atoms. The summed E-state index contributed by atoms with van der Waals surface area (Å²) in [6.07, 6.45) is 1.48. The predicted octanol–water partition coefficient (Wildman–Crippen LogP) is 1.89. The van der Waals surface area contributed by atoms with E-state index in [1.807, 2.05) is 19.1 Å². The Morgan fingerprint density at radius 3 is 2.48 bits per heavy atom. The fourth-order valence-corrected chi connectivity index (χ4v) is 3.61. The zero-order valence-corrected chi connectivity index (χ0v) is 12.8. The highest BCUT2D eigenvalue weighted by atomic mass is 32.2. The van der Waals surface area contributed by atoms with Crippen molar-refractivity contribution in [3.8, 4) is 0 Å². The highest BCUT2D eigenvalue weighted by molar-refractivity contribution is 7.93. The van der Waals surface area contributed by atoms with Crippen molar-refractivity contribution in [1.29, 1.82) is 0 Å². The summed E-state index contributed by atoms with van der Waals surface area (Å²) < 4.78 is 27.0. The van der Waals surface area contributed by atoms with Crippen molar-refractivity contribution < 1.29 is 8.42 Å². The van der Waals surface area contributed by atoms with Crippen LogP contribution in [0.25, 0.3) is 0 Å². The summed E-state index contributed by atoms with van der Waals surface area (Å²) in [5.41, 5.74) is 4.00. The summed E-state index contributed by atoms with van der Waals surface area (Å²) in [4.78, 5) is 4.00. The Hall–Kier alpha value is -2.12. The number of benzene rings is 1. The third-order valence-electron chi connectivity index (χ3n) is 3.08. The summed E-state index contributed by atoms with van der Waals surface area (Å²) in [5, 5.41) is 0. The molecule has 0 fully saturated rings. The minimum absolute atomic E-state index is 0.0509. The third-order valence-corrected chi connectivity index (χ3v) is 5.02. The Morgan fingerprint density at radius 2 is 1.90 bits per heavy atom. The first-order valence-corrected chi connectivity index (χ1v) is 7.95. The summed E-state index contributed by atoms with van der Waals surface area (Å²) in [6.45, 7) is 4.04. The van der Waals surface area contributed by atoms with Crippen LogP contribution in [0.5, 0.6) is 0 Å². The zero-order chi connectivity index (χ0) is 15.5. The standard InChI is InChI=1S/C14H18N4O2S/c1-3-18(12-8-6-11(2)7-9-12)21(19,20)13-5-4-10-16-14(13)17-15/h4-10H,3,15H2,1-2H3,(H,16,17). The van der Waals surface area contributed by atoms with Gasteiger partial charge in [0.25, 0.3) is 10.0 Å². The first-order valence-electron chi connectivity index (χ1n) is 6.51. The molecule has 0 amide bonds. The number of anilines is 2. The van der Waals surface area contributed by atoms with Gasteiger partial charge in [-0.25, -0.2) is 19.2 Å². The molecule has 0 aliphatic rings. The molecule has 1 aromatic heterocycles. The molecule has 2 rings (SSSR count). The lowest BCUT2D eigenvalue weighted by Crippen LogP contribution is -2.31. The van der Waals surface area contributed by atoms with Crippen molar-refractivity contribution in [3.05, 3.63) is 48.2 Å². The lowest BCUT2D eigenvalue weighted by molar-refractivity contribution is 0.592. The predicted molar refractivity (Wildman–Crippen MR) is 83.4 cm³/mol. The second-order valence-corrected chi connectivity index (χ2v) is 6.33. The van der Waals surface area contributed by atoms with Gasteiger partial charge in [0.05, 0.1) is 5.69 Å². The monoisotopic (exact) mass is 306 g/mol. The van der Waals surface area contributed by atoms with Gasteiger partial charge < -0.3 is 5.43 Å². The van der Waals surface area contributed by atoms with Crippen LogP contribution in [0.1, 0.15) is 12.5 Å². The van der Waals surface area contributed by atoms with Crippen LogP contribution >= 0.6 is 0 Å². The zero-order valence-electron chi connectivity index (χ0n) is 11.9. The van der Waals surface area contributed by atoms with Gasteiger partial charge in [0.1, 0.15) is 4.90 Å². The average Bonchev–Trinajstić information content (AvgIpc) is 2.49. The van der Waals surface area contributed by atoms with Gasteiger partial charge in [-0.3, -0.25) is 4.31 Å². The molecule has 21 heavy (non-hydrogen) atoms. The van der Waals surface area contributed by atoms with Crippen LogP contribution in [0.2, 0.25) is 0 Å². The van der Waals surface area contributed by atoms with Crippen LogP contribution < -0.4 is 15.6 Å². The smallest absolute Gasteiger partial charge is 0.268 e. The fourth-order valence-electron chi connectivity index (χ4n) is 2.03. The number of nitrogen functional groups attached to an aromatic ring is 1. The molecule has 1 aromatic carbocycles. The Balaban J connectivity index is 2.52. The first kappa shape index (κ1) is 15.3. The maximum atomic E-state index is 12.8. The van der Waals surface area contributed by atoms with Gasteiger partial charge in [0.2, 0.25) is 0 Å². The second-order valence-electron chi connectivity index (χ2n) is 4.50. The molecule has 2 aromatic rings. The van der Waals surface area contributed by atoms with E-state index in [0.717, 1.165) is 5.56 Å². The number of rotatable bonds is 5. The van der Waals surface area contributed by atoms with E-state index in [0.29, 0.717) is 12.2 Å². The van der Waals surface area contributed by atoms with Crippen molar-refractivity contribution in [3.63, 3.8) is 0 Å². The van der Waals surface area contributed by atoms with Crippen LogP contribution in [0.3, 0.4) is 0 Å². The number of pyridine rings is 1. The lowest BCUT2D eigenvalue weighted by Gasteiger charge is -2.23. The van der Waals surface area contributed by atoms with Crippen molar-refractivity contribution in [2.24, 2.45) is 5.84 Å². The number of hydrogen-bond donors (Lipinski definition) is 2. The lowest BCUT2D eigenvalue weighted by atomic mass is 10.2. The largest absolute Gasteiger partial charge is 0.307 e. The highest BCUT2D eigenvalue weighted by Gasteiger charge is 2.26. The molecule has 112 valence electrons. The van der Waals surface area contributed by atoms with E-state index in [1.54, 1.807) is 25.1 Å². The van der Waals surface area contributed by atoms with Gasteiger partial charge >= 0.3 is 0 Å². The Labute approximate surface area is 124 Å². The third kappa shape index (κ3) is 2.98. The Kier molecular flexibility index (Phi) is 4.44. The SMILES string of the molecule is CCN(c1ccc(C)cc1)S(=O)(=O)c1cccnc1NN. The number of nitrogens with one attached hydrogen (secondary N) is 1. The van der Waals surface area contributed by atoms with Gasteiger partial charge in [-0.2, -0.15) is 0 Å². The number of aryl methyl sites for hydroxylation is 1. The molecule has 0 saturated carbocycles. The van der Waals surface area contributed by atoms with E-state index in [2.05, 4.69) is 10.4 Å². The number of nitrogens with two attached hydrogens (primary N) is 1. The molecule has 7 heteroatoms. The molecule has 1 heterocycles. The summed E-state index contributed by atoms with van der Waals surface area (Å²) in [7, 11) is -3.73. The molecule has 0 atom stereocenters. The minimum Gasteiger partial charge on any atom is -0.307 e. The van der Waals surface area contributed by atoms with Crippen LogP contribution in [-0.4, -0.2) is 19.9 Å². The molecule has 0 saturated heterocycles. The number of sulfonamides is 1. The number of nitrogens with zero attached hydrogens (tertiary/aromatic N) is 2. The molecule has 0 spiro atoms. The maximum absolute atomic E-state index is 12.8. The quantitative estimate of drug-likeness (QED) is 0.650. The van der Waals surface area contributed by atoms with Crippen LogP contribution in [0, 0.1) is 6.92 Å². The molecular weight excluding hydrogens is 288 g/mol. The van der Waals surface area contributed by atoms with Gasteiger partial charge in [0.15, 0.2) is 5.82 Å². The molecule has 0 radical (unpaired) electrons. The second kappa shape index (κ2) is 6.11. The summed E-state index contributed by atoms with van der Waals surface area (Å²) in [5.74, 6) is 5.48. The molecule has 6 nitrogen and oxygen atoms in total. The van der Waals surface area contributed by atoms with E-state index in [1.165, 1.54) is 16.6 Å². The highest BCUT2D eigenvalue weighted by Crippen LogP contribution is 2.26. The summed E-state index contributed by atoms with van der Waals surface area (Å²) >= 11 is 0. The van der Waals surface area contributed by atoms with Crippen molar-refractivity contribution in [2.45, 2.75) is 18.7 Å². The fraction of sp³-hybridized carbons (Fsp3) is 0.214. The topological polar surface area (TPSA) is 88.3 Å². The van der Waals surface area contributed by atoms with E-state index < -0.39 is 10.0 Å². The first-order chi connectivity index (χ1) is 10.0. The van der Waals surface area contributed by atoms with E-state index >= 15 is 0 Å². The van der Waals surface area contributed by atoms with Crippen LogP contribution in [0.4, 0.5) is 11.5 Å². The van der Waals surface area contributed by atoms with Crippen molar-refractivity contribution >= 4 is 21.5 Å². The van der Waals surface area contributed by atoms with Gasteiger partial charge in [0, 0.05) is 12.7 Å². The molecule has 0 aliphatic carbocycles. The maximum Gasteiger partial charge on any atom is 0.268 e. The number of aromatic nitrogens is 1. The van der Waals surface area contributed by atoms with E-state index in [-0.39, 0.29) is 10.7 Å². The van der Waals surface area contributed by atoms with Crippen molar-refractivity contribution in [2.75, 3.05) is 16.3 Å². The number of hydrogen-bond acceptors (Lipinski definition) is 5. The number of hydrazine groups is 1. The van der Waals surface area contributed by atoms with Crippen LogP contribution in [0.15, 0.2) is 47.5 Å². The minimum atomic E-state index is -3.73. The molecule has 0 unspecified atom stereocenters. The average molecular weight is 306 g/mol. The normalized spacial score (nSPS) is 11.2. The molecule has 0 aliphatic heterocycles. The van der Waals surface area contributed by atoms with Crippen LogP contribution in [-0.2, 0) is 10.0 Å². The van der Waals surface area contributed by atoms with Gasteiger partial charge in [-0.1, -0.05) is 17.7 Å². The Bertz CT molecular complexity index is 714. The van der Waals surface area contributed by atoms with Gasteiger partial charge in [-0.15, -0.1) is 0 Å². The Morgan fingerprint density at radius 1 is 1.24 bits per heavy atom.